The Labute approximate surface area is 141 Å². The average molecular weight is 341 g/mol. The van der Waals surface area contributed by atoms with Crippen LogP contribution in [-0.2, 0) is 6.54 Å². The van der Waals surface area contributed by atoms with Gasteiger partial charge in [-0.2, -0.15) is 0 Å². The molecule has 2 aromatic carbocycles. The molecule has 126 valence electrons. The lowest BCUT2D eigenvalue weighted by Gasteiger charge is -2.04. The van der Waals surface area contributed by atoms with E-state index in [0.29, 0.717) is 11.5 Å². The van der Waals surface area contributed by atoms with Crippen LogP contribution in [0.15, 0.2) is 46.9 Å². The van der Waals surface area contributed by atoms with E-state index in [1.54, 1.807) is 24.3 Å². The van der Waals surface area contributed by atoms with Gasteiger partial charge in [0.05, 0.1) is 5.56 Å². The first-order chi connectivity index (χ1) is 12.2. The maximum atomic E-state index is 13.7. The van der Waals surface area contributed by atoms with Crippen LogP contribution < -0.4 is 14.8 Å². The van der Waals surface area contributed by atoms with Gasteiger partial charge in [-0.05, 0) is 29.8 Å². The number of benzene rings is 2. The third-order valence-corrected chi connectivity index (χ3v) is 3.61. The number of carbonyl (C=O) groups is 1. The van der Waals surface area contributed by atoms with E-state index in [2.05, 4.69) is 15.5 Å². The summed E-state index contributed by atoms with van der Waals surface area (Å²) in [5.41, 5.74) is 0.969. The molecule has 0 spiro atoms. The molecular weight excluding hydrogens is 329 g/mol. The summed E-state index contributed by atoms with van der Waals surface area (Å²) in [6.45, 7) is 0.429. The van der Waals surface area contributed by atoms with Crippen LogP contribution in [0.2, 0.25) is 0 Å². The standard InChI is InChI=1S/C17H12FN3O4/c18-12-4-2-1-3-11(12)16-20-21-17(25-16)15(22)19-8-10-5-6-13-14(7-10)24-9-23-13/h1-7H,8-9H2,(H,19,22). The number of nitrogens with one attached hydrogen (secondary N) is 1. The summed E-state index contributed by atoms with van der Waals surface area (Å²) in [6, 6.07) is 11.3. The Hall–Kier alpha value is -3.42. The highest BCUT2D eigenvalue weighted by Crippen LogP contribution is 2.32. The van der Waals surface area contributed by atoms with E-state index in [1.807, 2.05) is 6.07 Å². The zero-order valence-electron chi connectivity index (χ0n) is 12.9. The van der Waals surface area contributed by atoms with Crippen molar-refractivity contribution in [2.45, 2.75) is 6.54 Å². The van der Waals surface area contributed by atoms with Crippen LogP contribution >= 0.6 is 0 Å². The first-order valence-corrected chi connectivity index (χ1v) is 7.46. The van der Waals surface area contributed by atoms with Crippen molar-refractivity contribution in [2.24, 2.45) is 0 Å². The van der Waals surface area contributed by atoms with Gasteiger partial charge in [0.1, 0.15) is 5.82 Å². The molecule has 4 rings (SSSR count). The normalized spacial score (nSPS) is 12.2. The predicted molar refractivity (Wildman–Crippen MR) is 83.4 cm³/mol. The molecule has 1 N–H and O–H groups in total. The van der Waals surface area contributed by atoms with Crippen LogP contribution in [0.4, 0.5) is 4.39 Å². The number of aromatic nitrogens is 2. The van der Waals surface area contributed by atoms with Crippen molar-refractivity contribution >= 4 is 5.91 Å². The summed E-state index contributed by atoms with van der Waals surface area (Å²) < 4.78 is 29.5. The third-order valence-electron chi connectivity index (χ3n) is 3.61. The van der Waals surface area contributed by atoms with Gasteiger partial charge in [0.25, 0.3) is 5.89 Å². The van der Waals surface area contributed by atoms with E-state index in [-0.39, 0.29) is 30.7 Å². The Balaban J connectivity index is 1.44. The van der Waals surface area contributed by atoms with Crippen molar-refractivity contribution in [3.05, 3.63) is 59.7 Å². The number of hydrogen-bond acceptors (Lipinski definition) is 6. The molecule has 0 fully saturated rings. The Morgan fingerprint density at radius 3 is 2.84 bits per heavy atom. The van der Waals surface area contributed by atoms with Crippen molar-refractivity contribution in [2.75, 3.05) is 6.79 Å². The van der Waals surface area contributed by atoms with Crippen LogP contribution in [-0.4, -0.2) is 22.9 Å². The number of fused-ring (bicyclic) bond motifs is 1. The van der Waals surface area contributed by atoms with E-state index in [1.165, 1.54) is 12.1 Å². The molecule has 1 aliphatic rings. The minimum Gasteiger partial charge on any atom is -0.454 e. The molecule has 0 saturated carbocycles. The fourth-order valence-corrected chi connectivity index (χ4v) is 2.37. The van der Waals surface area contributed by atoms with Crippen LogP contribution in [0.25, 0.3) is 11.5 Å². The number of hydrogen-bond donors (Lipinski definition) is 1. The van der Waals surface area contributed by atoms with Crippen LogP contribution in [0.5, 0.6) is 11.5 Å². The number of rotatable bonds is 4. The van der Waals surface area contributed by atoms with Gasteiger partial charge in [0, 0.05) is 6.54 Å². The van der Waals surface area contributed by atoms with Crippen LogP contribution in [0.3, 0.4) is 0 Å². The summed E-state index contributed by atoms with van der Waals surface area (Å²) in [5, 5.41) is 10.0. The summed E-state index contributed by atoms with van der Waals surface area (Å²) in [7, 11) is 0. The fourth-order valence-electron chi connectivity index (χ4n) is 2.37. The maximum absolute atomic E-state index is 13.7. The molecule has 0 atom stereocenters. The Bertz CT molecular complexity index is 941. The Kier molecular flexibility index (Phi) is 3.77. The number of halogens is 1. The maximum Gasteiger partial charge on any atom is 0.309 e. The molecule has 7 nitrogen and oxygen atoms in total. The van der Waals surface area contributed by atoms with Gasteiger partial charge in [-0.15, -0.1) is 10.2 Å². The number of ether oxygens (including phenoxy) is 2. The van der Waals surface area contributed by atoms with E-state index in [0.717, 1.165) is 5.56 Å². The Morgan fingerprint density at radius 1 is 1.12 bits per heavy atom. The molecule has 2 heterocycles. The number of nitrogens with zero attached hydrogens (tertiary/aromatic N) is 2. The first-order valence-electron chi connectivity index (χ1n) is 7.46. The number of carbonyl (C=O) groups excluding carboxylic acids is 1. The SMILES string of the molecule is O=C(NCc1ccc2c(c1)OCO2)c1nnc(-c2ccccc2F)o1. The monoisotopic (exact) mass is 341 g/mol. The van der Waals surface area contributed by atoms with E-state index in [4.69, 9.17) is 13.9 Å². The van der Waals surface area contributed by atoms with Gasteiger partial charge in [0.15, 0.2) is 11.5 Å². The summed E-state index contributed by atoms with van der Waals surface area (Å²) in [5.74, 6) is -0.0376. The van der Waals surface area contributed by atoms with Gasteiger partial charge >= 0.3 is 11.8 Å². The second kappa shape index (κ2) is 6.23. The summed E-state index contributed by atoms with van der Waals surface area (Å²) in [4.78, 5) is 12.1. The smallest absolute Gasteiger partial charge is 0.309 e. The minimum absolute atomic E-state index is 0.0497. The lowest BCUT2D eigenvalue weighted by Crippen LogP contribution is -2.23. The average Bonchev–Trinajstić information content (AvgIpc) is 3.29. The van der Waals surface area contributed by atoms with E-state index >= 15 is 0 Å². The molecular formula is C17H12FN3O4. The van der Waals surface area contributed by atoms with Crippen molar-refractivity contribution in [3.8, 4) is 23.0 Å². The van der Waals surface area contributed by atoms with Crippen molar-refractivity contribution in [3.63, 3.8) is 0 Å². The highest BCUT2D eigenvalue weighted by molar-refractivity contribution is 5.89. The predicted octanol–water partition coefficient (Wildman–Crippen LogP) is 2.53. The fraction of sp³-hybridized carbons (Fsp3) is 0.118. The van der Waals surface area contributed by atoms with Gasteiger partial charge in [-0.1, -0.05) is 18.2 Å². The molecule has 3 aromatic rings. The lowest BCUT2D eigenvalue weighted by molar-refractivity contribution is 0.0916. The van der Waals surface area contributed by atoms with Gasteiger partial charge in [-0.25, -0.2) is 4.39 Å². The van der Waals surface area contributed by atoms with Gasteiger partial charge in [-0.3, -0.25) is 4.79 Å². The topological polar surface area (TPSA) is 86.5 Å². The molecule has 0 saturated heterocycles. The van der Waals surface area contributed by atoms with Crippen LogP contribution in [0.1, 0.15) is 16.2 Å². The quantitative estimate of drug-likeness (QED) is 0.785. The number of amides is 1. The van der Waals surface area contributed by atoms with Crippen LogP contribution in [0, 0.1) is 5.82 Å². The summed E-state index contributed by atoms with van der Waals surface area (Å²) >= 11 is 0. The summed E-state index contributed by atoms with van der Waals surface area (Å²) in [6.07, 6.45) is 0. The molecule has 0 unspecified atom stereocenters. The molecule has 8 heteroatoms. The third kappa shape index (κ3) is 3.01. The van der Waals surface area contributed by atoms with Crippen molar-refractivity contribution < 1.29 is 23.1 Å². The molecule has 0 bridgehead atoms. The first kappa shape index (κ1) is 15.1. The zero-order chi connectivity index (χ0) is 17.2. The van der Waals surface area contributed by atoms with Gasteiger partial charge in [0.2, 0.25) is 6.79 Å². The molecule has 1 amide bonds. The second-order valence-corrected chi connectivity index (χ2v) is 5.26. The minimum atomic E-state index is -0.548. The highest BCUT2D eigenvalue weighted by Gasteiger charge is 2.18. The van der Waals surface area contributed by atoms with Crippen molar-refractivity contribution in [1.29, 1.82) is 0 Å². The largest absolute Gasteiger partial charge is 0.454 e. The molecule has 25 heavy (non-hydrogen) atoms. The Morgan fingerprint density at radius 2 is 1.96 bits per heavy atom. The molecule has 1 aromatic heterocycles. The second-order valence-electron chi connectivity index (χ2n) is 5.26. The van der Waals surface area contributed by atoms with E-state index in [9.17, 15) is 9.18 Å². The lowest BCUT2D eigenvalue weighted by atomic mass is 10.2. The molecule has 1 aliphatic heterocycles. The zero-order valence-corrected chi connectivity index (χ0v) is 12.9. The van der Waals surface area contributed by atoms with E-state index < -0.39 is 11.7 Å². The van der Waals surface area contributed by atoms with Crippen molar-refractivity contribution in [1.82, 2.24) is 15.5 Å². The molecule has 0 radical (unpaired) electrons. The molecule has 0 aliphatic carbocycles. The highest BCUT2D eigenvalue weighted by atomic mass is 19.1. The van der Waals surface area contributed by atoms with Gasteiger partial charge < -0.3 is 19.2 Å².